The number of nitrogens with zero attached hydrogens (tertiary/aromatic N) is 3. The Morgan fingerprint density at radius 3 is 2.59 bits per heavy atom. The van der Waals surface area contributed by atoms with E-state index in [0.717, 1.165) is 0 Å². The predicted molar refractivity (Wildman–Crippen MR) is 129 cm³/mol. The molecule has 184 valence electrons. The molecule has 0 spiro atoms. The Kier molecular flexibility index (Phi) is 6.00. The third-order valence-electron chi connectivity index (χ3n) is 5.16. The second kappa shape index (κ2) is 9.44. The monoisotopic (exact) mass is 517 g/mol. The summed E-state index contributed by atoms with van der Waals surface area (Å²) in [6.45, 7) is 0. The Labute approximate surface area is 208 Å². The number of H-pyrrole nitrogens is 1. The van der Waals surface area contributed by atoms with Crippen LogP contribution in [-0.2, 0) is 15.9 Å². The van der Waals surface area contributed by atoms with E-state index in [1.54, 1.807) is 30.3 Å². The van der Waals surface area contributed by atoms with Crippen LogP contribution in [0.5, 0.6) is 5.75 Å². The molecule has 0 saturated carbocycles. The minimum absolute atomic E-state index is 0.00379. The molecule has 0 saturated heterocycles. The van der Waals surface area contributed by atoms with Gasteiger partial charge in [0.15, 0.2) is 17.1 Å². The highest BCUT2D eigenvalue weighted by Gasteiger charge is 2.21. The number of benzene rings is 3. The van der Waals surface area contributed by atoms with E-state index in [4.69, 9.17) is 8.71 Å². The Hall–Kier alpha value is -5.22. The van der Waals surface area contributed by atoms with E-state index in [2.05, 4.69) is 25.1 Å². The lowest BCUT2D eigenvalue weighted by Crippen LogP contribution is -2.14. The summed E-state index contributed by atoms with van der Waals surface area (Å²) in [7, 11) is -3.94. The molecular formula is C24H15N5O7S. The summed E-state index contributed by atoms with van der Waals surface area (Å²) in [6.07, 6.45) is 0. The van der Waals surface area contributed by atoms with E-state index < -0.39 is 21.8 Å². The zero-order chi connectivity index (χ0) is 26.0. The lowest BCUT2D eigenvalue weighted by atomic mass is 10.1. The summed E-state index contributed by atoms with van der Waals surface area (Å²) < 4.78 is 39.8. The maximum Gasteiger partial charge on any atom is 0.439 e. The van der Waals surface area contributed by atoms with Crippen LogP contribution < -0.4 is 15.3 Å². The minimum atomic E-state index is -3.94. The number of nitrogens with one attached hydrogen (secondary N) is 2. The molecule has 0 bridgehead atoms. The van der Waals surface area contributed by atoms with Crippen molar-refractivity contribution >= 4 is 32.7 Å². The number of amides is 1. The average Bonchev–Trinajstić information content (AvgIpc) is 3.50. The van der Waals surface area contributed by atoms with Crippen molar-refractivity contribution in [3.05, 3.63) is 94.1 Å². The van der Waals surface area contributed by atoms with Crippen molar-refractivity contribution in [2.45, 2.75) is 5.75 Å². The topological polar surface area (TPSA) is 181 Å². The molecule has 1 amide bonds. The van der Waals surface area contributed by atoms with Gasteiger partial charge in [-0.05, 0) is 35.9 Å². The number of hydrogen-bond donors (Lipinski definition) is 2. The van der Waals surface area contributed by atoms with Gasteiger partial charge < -0.3 is 14.0 Å². The highest BCUT2D eigenvalue weighted by molar-refractivity contribution is 7.86. The third-order valence-corrected chi connectivity index (χ3v) is 6.29. The zero-order valence-corrected chi connectivity index (χ0v) is 19.5. The van der Waals surface area contributed by atoms with Crippen LogP contribution >= 0.6 is 0 Å². The Bertz CT molecular complexity index is 1830. The van der Waals surface area contributed by atoms with Gasteiger partial charge in [0, 0.05) is 11.6 Å². The first-order valence-electron chi connectivity index (χ1n) is 10.6. The molecule has 13 heteroatoms. The molecule has 0 atom stereocenters. The van der Waals surface area contributed by atoms with Crippen molar-refractivity contribution in [2.75, 3.05) is 5.32 Å². The van der Waals surface area contributed by atoms with Crippen molar-refractivity contribution in [1.82, 2.24) is 15.3 Å². The number of hydrogen-bond acceptors (Lipinski definition) is 10. The highest BCUT2D eigenvalue weighted by atomic mass is 32.2. The molecule has 5 rings (SSSR count). The van der Waals surface area contributed by atoms with Crippen LogP contribution in [0.15, 0.2) is 80.6 Å². The van der Waals surface area contributed by atoms with Crippen molar-refractivity contribution in [1.29, 1.82) is 5.26 Å². The van der Waals surface area contributed by atoms with E-state index in [9.17, 15) is 23.3 Å². The van der Waals surface area contributed by atoms with Crippen LogP contribution in [0, 0.1) is 11.3 Å². The maximum absolute atomic E-state index is 13.0. The normalized spacial score (nSPS) is 11.2. The number of carbonyl (C=O) groups is 1. The van der Waals surface area contributed by atoms with Gasteiger partial charge in [-0.25, -0.2) is 4.79 Å². The quantitative estimate of drug-likeness (QED) is 0.304. The smallest absolute Gasteiger partial charge is 0.382 e. The van der Waals surface area contributed by atoms with Gasteiger partial charge in [0.1, 0.15) is 11.5 Å². The van der Waals surface area contributed by atoms with Crippen molar-refractivity contribution < 1.29 is 26.4 Å². The number of carbonyl (C=O) groups excluding carboxylic acids is 1. The largest absolute Gasteiger partial charge is 0.439 e. The molecule has 0 aliphatic carbocycles. The van der Waals surface area contributed by atoms with Gasteiger partial charge in [-0.1, -0.05) is 40.6 Å². The molecule has 5 aromatic rings. The van der Waals surface area contributed by atoms with Gasteiger partial charge in [-0.3, -0.25) is 14.3 Å². The highest BCUT2D eigenvalue weighted by Crippen LogP contribution is 2.29. The van der Waals surface area contributed by atoms with Gasteiger partial charge in [0.05, 0.1) is 22.7 Å². The van der Waals surface area contributed by atoms with E-state index in [1.807, 2.05) is 6.07 Å². The van der Waals surface area contributed by atoms with Crippen LogP contribution in [0.4, 0.5) is 5.69 Å². The maximum atomic E-state index is 13.0. The minimum Gasteiger partial charge on any atom is -0.382 e. The fourth-order valence-corrected chi connectivity index (χ4v) is 4.59. The van der Waals surface area contributed by atoms with Gasteiger partial charge in [-0.2, -0.15) is 13.7 Å². The Morgan fingerprint density at radius 1 is 1.05 bits per heavy atom. The summed E-state index contributed by atoms with van der Waals surface area (Å²) in [5, 5.41) is 19.5. The SMILES string of the molecule is N#Cc1ccc(NC(=O)c2noc3cc(OS(=O)(=O)Cc4ccccc4)ccc23)c(-c2noc(=O)[nH]2)c1. The van der Waals surface area contributed by atoms with E-state index in [0.29, 0.717) is 10.9 Å². The van der Waals surface area contributed by atoms with Crippen LogP contribution in [-0.4, -0.2) is 29.6 Å². The number of aromatic nitrogens is 3. The number of fused-ring (bicyclic) bond motifs is 1. The molecule has 2 heterocycles. The molecule has 12 nitrogen and oxygen atoms in total. The molecule has 0 radical (unpaired) electrons. The average molecular weight is 517 g/mol. The second-order valence-corrected chi connectivity index (χ2v) is 9.30. The number of anilines is 1. The molecule has 0 aliphatic heterocycles. The zero-order valence-electron chi connectivity index (χ0n) is 18.7. The van der Waals surface area contributed by atoms with Crippen LogP contribution in [0.25, 0.3) is 22.4 Å². The van der Waals surface area contributed by atoms with E-state index in [-0.39, 0.29) is 45.4 Å². The summed E-state index contributed by atoms with van der Waals surface area (Å²) in [6, 6.07) is 19.0. The van der Waals surface area contributed by atoms with Gasteiger partial charge in [-0.15, -0.1) is 0 Å². The first-order valence-corrected chi connectivity index (χ1v) is 12.2. The first kappa shape index (κ1) is 23.5. The van der Waals surface area contributed by atoms with Gasteiger partial charge >= 0.3 is 15.9 Å². The van der Waals surface area contributed by atoms with Crippen LogP contribution in [0.3, 0.4) is 0 Å². The fraction of sp³-hybridized carbons (Fsp3) is 0.0417. The Balaban J connectivity index is 1.39. The van der Waals surface area contributed by atoms with Crippen molar-refractivity contribution in [2.24, 2.45) is 0 Å². The second-order valence-electron chi connectivity index (χ2n) is 7.73. The molecule has 3 aromatic carbocycles. The summed E-state index contributed by atoms with van der Waals surface area (Å²) in [4.78, 5) is 26.8. The molecule has 0 unspecified atom stereocenters. The molecule has 2 N–H and O–H groups in total. The van der Waals surface area contributed by atoms with E-state index in [1.165, 1.54) is 36.4 Å². The lowest BCUT2D eigenvalue weighted by Gasteiger charge is -2.08. The number of nitriles is 1. The standard InChI is InChI=1S/C24H15N5O7S/c25-12-15-6-9-19(18(10-15)22-27-24(31)35-29-22)26-23(30)21-17-8-7-16(11-20(17)34-28-21)36-37(32,33)13-14-4-2-1-3-5-14/h1-11H,13H2,(H,26,30)(H,27,29,31). The molecule has 0 fully saturated rings. The molecule has 37 heavy (non-hydrogen) atoms. The van der Waals surface area contributed by atoms with Crippen molar-refractivity contribution in [3.63, 3.8) is 0 Å². The summed E-state index contributed by atoms with van der Waals surface area (Å²) in [5.41, 5.74) is 1.33. The molecule has 2 aromatic heterocycles. The first-order chi connectivity index (χ1) is 17.8. The summed E-state index contributed by atoms with van der Waals surface area (Å²) in [5.74, 6) is -1.78. The fourth-order valence-electron chi connectivity index (χ4n) is 3.53. The van der Waals surface area contributed by atoms with Gasteiger partial charge in [0.2, 0.25) is 0 Å². The molecule has 0 aliphatic rings. The van der Waals surface area contributed by atoms with Crippen molar-refractivity contribution in [3.8, 4) is 23.2 Å². The predicted octanol–water partition coefficient (Wildman–Crippen LogP) is 3.20. The number of rotatable bonds is 7. The van der Waals surface area contributed by atoms with Crippen LogP contribution in [0.1, 0.15) is 21.6 Å². The Morgan fingerprint density at radius 2 is 1.86 bits per heavy atom. The van der Waals surface area contributed by atoms with Crippen LogP contribution in [0.2, 0.25) is 0 Å². The third kappa shape index (κ3) is 5.09. The lowest BCUT2D eigenvalue weighted by molar-refractivity contribution is 0.102. The summed E-state index contributed by atoms with van der Waals surface area (Å²) >= 11 is 0. The number of aromatic amines is 1. The molecular weight excluding hydrogens is 502 g/mol. The van der Waals surface area contributed by atoms with E-state index >= 15 is 0 Å². The van der Waals surface area contributed by atoms with Gasteiger partial charge in [0.25, 0.3) is 5.91 Å².